The second-order valence-corrected chi connectivity index (χ2v) is 5.59. The highest BCUT2D eigenvalue weighted by Crippen LogP contribution is 2.33. The minimum absolute atomic E-state index is 0.298. The molecule has 1 N–H and O–H groups in total. The summed E-state index contributed by atoms with van der Waals surface area (Å²) in [5.74, 6) is -0.342. The number of fused-ring (bicyclic) bond motifs is 3. The average Bonchev–Trinajstić information content (AvgIpc) is 2.55. The molecule has 1 aliphatic carbocycles. The Morgan fingerprint density at radius 1 is 1.35 bits per heavy atom. The molecule has 2 aromatic rings. The molecule has 6 nitrogen and oxygen atoms in total. The molecular formula is C17H18N2O4. The van der Waals surface area contributed by atoms with E-state index in [1.165, 1.54) is 6.07 Å². The third-order valence-corrected chi connectivity index (χ3v) is 4.24. The number of rotatable bonds is 4. The van der Waals surface area contributed by atoms with Crippen LogP contribution in [0.25, 0.3) is 11.3 Å². The largest absolute Gasteiger partial charge is 0.497 e. The van der Waals surface area contributed by atoms with Crippen molar-refractivity contribution < 1.29 is 14.6 Å². The average molecular weight is 314 g/mol. The van der Waals surface area contributed by atoms with E-state index in [0.717, 1.165) is 34.2 Å². The van der Waals surface area contributed by atoms with Crippen molar-refractivity contribution in [2.45, 2.75) is 32.2 Å². The summed E-state index contributed by atoms with van der Waals surface area (Å²) in [7, 11) is 1.59. The minimum Gasteiger partial charge on any atom is -0.497 e. The van der Waals surface area contributed by atoms with Gasteiger partial charge in [0, 0.05) is 11.6 Å². The topological polar surface area (TPSA) is 81.4 Å². The summed E-state index contributed by atoms with van der Waals surface area (Å²) in [5.41, 5.74) is 3.18. The van der Waals surface area contributed by atoms with Crippen molar-refractivity contribution >= 4 is 5.97 Å². The van der Waals surface area contributed by atoms with Crippen molar-refractivity contribution in [2.24, 2.45) is 0 Å². The van der Waals surface area contributed by atoms with Gasteiger partial charge in [0.1, 0.15) is 5.75 Å². The fourth-order valence-corrected chi connectivity index (χ4v) is 2.99. The van der Waals surface area contributed by atoms with Crippen LogP contribution < -0.4 is 10.3 Å². The van der Waals surface area contributed by atoms with Crippen LogP contribution in [0.1, 0.15) is 30.5 Å². The third kappa shape index (κ3) is 2.60. The maximum atomic E-state index is 12.2. The molecule has 6 heteroatoms. The molecule has 0 aliphatic heterocycles. The fourth-order valence-electron chi connectivity index (χ4n) is 2.99. The number of methoxy groups -OCH3 is 1. The fraction of sp³-hybridized carbons (Fsp3) is 0.353. The lowest BCUT2D eigenvalue weighted by Crippen LogP contribution is -2.32. The molecule has 0 fully saturated rings. The van der Waals surface area contributed by atoms with Crippen LogP contribution in [0.15, 0.2) is 29.1 Å². The summed E-state index contributed by atoms with van der Waals surface area (Å²) in [5, 5.41) is 13.7. The molecule has 1 aliphatic rings. The quantitative estimate of drug-likeness (QED) is 0.934. The van der Waals surface area contributed by atoms with Crippen LogP contribution in [0.4, 0.5) is 0 Å². The molecule has 23 heavy (non-hydrogen) atoms. The van der Waals surface area contributed by atoms with Gasteiger partial charge in [0.25, 0.3) is 5.56 Å². The van der Waals surface area contributed by atoms with Crippen molar-refractivity contribution in [3.05, 3.63) is 45.7 Å². The van der Waals surface area contributed by atoms with Gasteiger partial charge in [0.05, 0.1) is 12.8 Å². The van der Waals surface area contributed by atoms with E-state index in [-0.39, 0.29) is 5.56 Å². The summed E-state index contributed by atoms with van der Waals surface area (Å²) < 4.78 is 6.34. The number of nitrogens with zero attached hydrogens (tertiary/aromatic N) is 2. The van der Waals surface area contributed by atoms with Crippen LogP contribution in [-0.4, -0.2) is 28.0 Å². The van der Waals surface area contributed by atoms with Crippen LogP contribution in [0, 0.1) is 0 Å². The third-order valence-electron chi connectivity index (χ3n) is 4.24. The van der Waals surface area contributed by atoms with E-state index in [9.17, 15) is 14.7 Å². The summed E-state index contributed by atoms with van der Waals surface area (Å²) in [4.78, 5) is 23.6. The first-order chi connectivity index (χ1) is 11.0. The van der Waals surface area contributed by atoms with Crippen molar-refractivity contribution in [2.75, 3.05) is 7.11 Å². The highest BCUT2D eigenvalue weighted by molar-refractivity contribution is 5.73. The summed E-state index contributed by atoms with van der Waals surface area (Å²) in [6, 6.07) is 6.32. The first kappa shape index (κ1) is 15.3. The van der Waals surface area contributed by atoms with Gasteiger partial charge in [-0.15, -0.1) is 0 Å². The molecule has 1 atom stereocenters. The van der Waals surface area contributed by atoms with Gasteiger partial charge in [-0.25, -0.2) is 9.48 Å². The van der Waals surface area contributed by atoms with Crippen molar-refractivity contribution in [1.82, 2.24) is 9.78 Å². The molecule has 0 bridgehead atoms. The lowest BCUT2D eigenvalue weighted by Gasteiger charge is -2.21. The lowest BCUT2D eigenvalue weighted by atomic mass is 9.89. The normalized spacial score (nSPS) is 13.8. The number of benzene rings is 1. The summed E-state index contributed by atoms with van der Waals surface area (Å²) in [6.07, 6.45) is 1.85. The van der Waals surface area contributed by atoms with Crippen LogP contribution in [0.2, 0.25) is 0 Å². The van der Waals surface area contributed by atoms with Gasteiger partial charge in [0.15, 0.2) is 6.04 Å². The molecule has 120 valence electrons. The van der Waals surface area contributed by atoms with E-state index >= 15 is 0 Å². The molecule has 0 radical (unpaired) electrons. The number of aryl methyl sites for hydroxylation is 2. The second-order valence-electron chi connectivity index (χ2n) is 5.59. The maximum absolute atomic E-state index is 12.2. The second kappa shape index (κ2) is 5.87. The van der Waals surface area contributed by atoms with Gasteiger partial charge in [-0.05, 0) is 42.5 Å². The number of ether oxygens (including phenoxy) is 1. The van der Waals surface area contributed by atoms with E-state index in [1.807, 2.05) is 18.2 Å². The molecule has 0 saturated heterocycles. The van der Waals surface area contributed by atoms with Crippen molar-refractivity contribution in [1.29, 1.82) is 0 Å². The Balaban J connectivity index is 2.20. The predicted molar refractivity (Wildman–Crippen MR) is 84.9 cm³/mol. The van der Waals surface area contributed by atoms with Crippen molar-refractivity contribution in [3.63, 3.8) is 0 Å². The zero-order chi connectivity index (χ0) is 16.6. The summed E-state index contributed by atoms with van der Waals surface area (Å²) in [6.45, 7) is 1.73. The predicted octanol–water partition coefficient (Wildman–Crippen LogP) is 2.05. The van der Waals surface area contributed by atoms with Gasteiger partial charge in [0.2, 0.25) is 0 Å². The van der Waals surface area contributed by atoms with E-state index in [4.69, 9.17) is 4.74 Å². The number of aliphatic carboxylic acids is 1. The first-order valence-electron chi connectivity index (χ1n) is 7.58. The van der Waals surface area contributed by atoms with Crippen LogP contribution in [0.5, 0.6) is 5.75 Å². The van der Waals surface area contributed by atoms with E-state index in [0.29, 0.717) is 17.9 Å². The molecule has 1 aromatic heterocycles. The first-order valence-corrected chi connectivity index (χ1v) is 7.58. The van der Waals surface area contributed by atoms with E-state index < -0.39 is 12.0 Å². The molecule has 1 unspecified atom stereocenters. The Kier molecular flexibility index (Phi) is 3.90. The smallest absolute Gasteiger partial charge is 0.328 e. The highest BCUT2D eigenvalue weighted by atomic mass is 16.5. The zero-order valence-electron chi connectivity index (χ0n) is 13.1. The summed E-state index contributed by atoms with van der Waals surface area (Å²) >= 11 is 0. The van der Waals surface area contributed by atoms with Gasteiger partial charge < -0.3 is 9.84 Å². The van der Waals surface area contributed by atoms with Crippen molar-refractivity contribution in [3.8, 4) is 17.0 Å². The SMILES string of the molecule is CCC(C(=O)O)n1nc2c(cc1=O)CCc1ccc(OC)cc1-2. The van der Waals surface area contributed by atoms with Gasteiger partial charge in [-0.1, -0.05) is 13.0 Å². The number of carboxylic acids is 1. The molecule has 0 spiro atoms. The standard InChI is InChI=1S/C17H18N2O4/c1-3-14(17(21)22)19-15(20)8-11-5-4-10-6-7-12(23-2)9-13(10)16(11)18-19/h6-9,14H,3-5H2,1-2H3,(H,21,22). The Morgan fingerprint density at radius 2 is 2.09 bits per heavy atom. The van der Waals surface area contributed by atoms with Gasteiger partial charge in [-0.2, -0.15) is 5.10 Å². The number of aromatic nitrogens is 2. The van der Waals surface area contributed by atoms with E-state index in [1.54, 1.807) is 14.0 Å². The van der Waals surface area contributed by atoms with Crippen LogP contribution in [-0.2, 0) is 17.6 Å². The molecule has 1 aromatic carbocycles. The zero-order valence-corrected chi connectivity index (χ0v) is 13.1. The van der Waals surface area contributed by atoms with Gasteiger partial charge in [-0.3, -0.25) is 4.79 Å². The molecule has 0 saturated carbocycles. The number of carboxylic acid groups (broad SMARTS) is 1. The number of hydrogen-bond donors (Lipinski definition) is 1. The number of hydrogen-bond acceptors (Lipinski definition) is 4. The Morgan fingerprint density at radius 3 is 2.74 bits per heavy atom. The Hall–Kier alpha value is -2.63. The van der Waals surface area contributed by atoms with Crippen LogP contribution >= 0.6 is 0 Å². The lowest BCUT2D eigenvalue weighted by molar-refractivity contribution is -0.141. The van der Waals surface area contributed by atoms with Crippen LogP contribution in [0.3, 0.4) is 0 Å². The highest BCUT2D eigenvalue weighted by Gasteiger charge is 2.24. The Bertz CT molecular complexity index is 826. The van der Waals surface area contributed by atoms with E-state index in [2.05, 4.69) is 5.10 Å². The molecular weight excluding hydrogens is 296 g/mol. The Labute approximate surface area is 133 Å². The molecule has 0 amide bonds. The monoisotopic (exact) mass is 314 g/mol. The number of carbonyl (C=O) groups is 1. The maximum Gasteiger partial charge on any atom is 0.328 e. The minimum atomic E-state index is -1.05. The molecule has 1 heterocycles. The van der Waals surface area contributed by atoms with Gasteiger partial charge >= 0.3 is 5.97 Å². The molecule has 3 rings (SSSR count).